The first-order valence-corrected chi connectivity index (χ1v) is 12.7. The fourth-order valence-electron chi connectivity index (χ4n) is 5.52. The molecule has 2 aliphatic rings. The van der Waals surface area contributed by atoms with Crippen molar-refractivity contribution in [3.8, 4) is 0 Å². The van der Waals surface area contributed by atoms with Gasteiger partial charge in [-0.05, 0) is 47.9 Å². The van der Waals surface area contributed by atoms with Gasteiger partial charge in [0.1, 0.15) is 12.4 Å². The van der Waals surface area contributed by atoms with Crippen molar-refractivity contribution < 1.29 is 14.3 Å². The Labute approximate surface area is 212 Å². The molecule has 0 spiro atoms. The summed E-state index contributed by atoms with van der Waals surface area (Å²) in [6.45, 7) is 4.17. The number of hydrogen-bond acceptors (Lipinski definition) is 4. The van der Waals surface area contributed by atoms with Gasteiger partial charge in [-0.3, -0.25) is 9.79 Å². The minimum absolute atomic E-state index is 0.108. The van der Waals surface area contributed by atoms with E-state index in [0.717, 1.165) is 28.8 Å². The van der Waals surface area contributed by atoms with Gasteiger partial charge in [0, 0.05) is 23.7 Å². The van der Waals surface area contributed by atoms with E-state index in [0.29, 0.717) is 24.1 Å². The first-order valence-electron chi connectivity index (χ1n) is 12.7. The zero-order chi connectivity index (χ0) is 25.1. The Kier molecular flexibility index (Phi) is 6.95. The molecular weight excluding hydrogens is 446 g/mol. The molecule has 1 heterocycles. The molecule has 4 nitrogen and oxygen atoms in total. The summed E-state index contributed by atoms with van der Waals surface area (Å²) in [5, 5.41) is 0. The molecule has 0 aromatic heterocycles. The van der Waals surface area contributed by atoms with Crippen molar-refractivity contribution >= 4 is 17.5 Å². The molecule has 5 rings (SSSR count). The zero-order valence-electron chi connectivity index (χ0n) is 20.8. The van der Waals surface area contributed by atoms with Gasteiger partial charge in [-0.15, -0.1) is 0 Å². The molecule has 4 heteroatoms. The topological polar surface area (TPSA) is 55.7 Å². The number of Topliss-reactive ketones (excluding diaryl/α,β-unsaturated/α-hetero) is 1. The largest absolute Gasteiger partial charge is 0.457 e. The molecule has 3 atom stereocenters. The van der Waals surface area contributed by atoms with Gasteiger partial charge in [0.2, 0.25) is 0 Å². The van der Waals surface area contributed by atoms with E-state index in [4.69, 9.17) is 9.73 Å². The Morgan fingerprint density at radius 2 is 1.50 bits per heavy atom. The number of nitrogens with zero attached hydrogens (tertiary/aromatic N) is 1. The predicted molar refractivity (Wildman–Crippen MR) is 142 cm³/mol. The molecule has 0 saturated heterocycles. The second kappa shape index (κ2) is 10.4. The van der Waals surface area contributed by atoms with Crippen LogP contribution in [-0.2, 0) is 27.4 Å². The maximum Gasteiger partial charge on any atom is 0.336 e. The highest BCUT2D eigenvalue weighted by Crippen LogP contribution is 2.46. The number of esters is 1. The maximum atomic E-state index is 13.7. The van der Waals surface area contributed by atoms with E-state index >= 15 is 0 Å². The zero-order valence-corrected chi connectivity index (χ0v) is 20.8. The molecule has 1 aliphatic carbocycles. The van der Waals surface area contributed by atoms with Crippen molar-refractivity contribution in [2.75, 3.05) is 0 Å². The number of hydrogen-bond donors (Lipinski definition) is 0. The van der Waals surface area contributed by atoms with Gasteiger partial charge in [-0.25, -0.2) is 4.79 Å². The van der Waals surface area contributed by atoms with Crippen LogP contribution in [0, 0.1) is 5.92 Å². The Morgan fingerprint density at radius 3 is 2.17 bits per heavy atom. The summed E-state index contributed by atoms with van der Waals surface area (Å²) < 4.78 is 5.76. The summed E-state index contributed by atoms with van der Waals surface area (Å²) >= 11 is 0. The summed E-state index contributed by atoms with van der Waals surface area (Å²) in [4.78, 5) is 32.1. The molecule has 0 N–H and O–H groups in total. The van der Waals surface area contributed by atoms with E-state index in [-0.39, 0.29) is 18.3 Å². The van der Waals surface area contributed by atoms with Crippen LogP contribution in [0.5, 0.6) is 0 Å². The van der Waals surface area contributed by atoms with E-state index in [2.05, 4.69) is 43.3 Å². The van der Waals surface area contributed by atoms with Crippen molar-refractivity contribution in [1.82, 2.24) is 0 Å². The second-order valence-electron chi connectivity index (χ2n) is 9.70. The Hall–Kier alpha value is -3.79. The summed E-state index contributed by atoms with van der Waals surface area (Å²) in [5.74, 6) is -0.992. The van der Waals surface area contributed by atoms with Gasteiger partial charge in [0.15, 0.2) is 0 Å². The number of ketones is 1. The third-order valence-corrected chi connectivity index (χ3v) is 7.41. The summed E-state index contributed by atoms with van der Waals surface area (Å²) in [5.41, 5.74) is 6.28. The number of carbonyl (C=O) groups excluding carboxylic acids is 2. The average molecular weight is 478 g/mol. The first kappa shape index (κ1) is 23.9. The summed E-state index contributed by atoms with van der Waals surface area (Å²) in [6.07, 6.45) is 2.09. The SMILES string of the molecule is CCc1ccc([C@H]2C(C(=O)OCc3ccccc3)=C(C)N=C3C[C@H](c4ccccc4)CC(=O)C32)cc1. The molecule has 3 aromatic carbocycles. The monoisotopic (exact) mass is 477 g/mol. The predicted octanol–water partition coefficient (Wildman–Crippen LogP) is 6.57. The van der Waals surface area contributed by atoms with Crippen molar-refractivity contribution in [2.45, 2.75) is 51.6 Å². The lowest BCUT2D eigenvalue weighted by Crippen LogP contribution is -2.41. The molecule has 1 saturated carbocycles. The maximum absolute atomic E-state index is 13.7. The van der Waals surface area contributed by atoms with Crippen LogP contribution in [0.15, 0.2) is 101 Å². The van der Waals surface area contributed by atoms with E-state index in [1.54, 1.807) is 0 Å². The number of aliphatic imine (C=N–C) groups is 1. The van der Waals surface area contributed by atoms with E-state index in [9.17, 15) is 9.59 Å². The molecule has 1 fully saturated rings. The fourth-order valence-corrected chi connectivity index (χ4v) is 5.52. The van der Waals surface area contributed by atoms with Gasteiger partial charge < -0.3 is 4.74 Å². The molecule has 0 radical (unpaired) electrons. The minimum atomic E-state index is -0.444. The van der Waals surface area contributed by atoms with Gasteiger partial charge >= 0.3 is 5.97 Å². The lowest BCUT2D eigenvalue weighted by molar-refractivity contribution is -0.140. The van der Waals surface area contributed by atoms with Gasteiger partial charge in [-0.1, -0.05) is 91.9 Å². The van der Waals surface area contributed by atoms with Crippen LogP contribution in [0.25, 0.3) is 0 Å². The highest BCUT2D eigenvalue weighted by molar-refractivity contribution is 6.12. The fraction of sp³-hybridized carbons (Fsp3) is 0.281. The Morgan fingerprint density at radius 1 is 0.833 bits per heavy atom. The third-order valence-electron chi connectivity index (χ3n) is 7.41. The standard InChI is InChI=1S/C32H31NO3/c1-3-22-14-16-25(17-15-22)30-29(32(35)36-20-23-10-6-4-7-11-23)21(2)33-27-18-26(19-28(34)31(27)30)24-12-8-5-9-13-24/h4-17,26,30-31H,3,18-20H2,1-2H3/t26-,30-,31?/m0/s1. The van der Waals surface area contributed by atoms with E-state index in [1.165, 1.54) is 5.56 Å². The van der Waals surface area contributed by atoms with Crippen molar-refractivity contribution in [2.24, 2.45) is 10.9 Å². The third kappa shape index (κ3) is 4.81. The quantitative estimate of drug-likeness (QED) is 0.378. The van der Waals surface area contributed by atoms with Crippen LogP contribution in [0.4, 0.5) is 0 Å². The van der Waals surface area contributed by atoms with Crippen LogP contribution in [0.1, 0.15) is 60.8 Å². The minimum Gasteiger partial charge on any atom is -0.457 e. The van der Waals surface area contributed by atoms with Crippen molar-refractivity contribution in [3.05, 3.63) is 118 Å². The van der Waals surface area contributed by atoms with Crippen LogP contribution in [-0.4, -0.2) is 17.5 Å². The highest BCUT2D eigenvalue weighted by atomic mass is 16.5. The molecule has 1 unspecified atom stereocenters. The molecule has 36 heavy (non-hydrogen) atoms. The van der Waals surface area contributed by atoms with E-state index in [1.807, 2.05) is 55.5 Å². The normalized spacial score (nSPS) is 21.6. The van der Waals surface area contributed by atoms with Crippen molar-refractivity contribution in [1.29, 1.82) is 0 Å². The number of allylic oxidation sites excluding steroid dienone is 1. The molecule has 1 aliphatic heterocycles. The summed E-state index contributed by atoms with van der Waals surface area (Å²) in [6, 6.07) is 28.1. The smallest absolute Gasteiger partial charge is 0.336 e. The number of aryl methyl sites for hydroxylation is 1. The van der Waals surface area contributed by atoms with Crippen LogP contribution in [0.3, 0.4) is 0 Å². The van der Waals surface area contributed by atoms with Crippen LogP contribution < -0.4 is 0 Å². The summed E-state index contributed by atoms with van der Waals surface area (Å²) in [7, 11) is 0. The number of rotatable bonds is 6. The highest BCUT2D eigenvalue weighted by Gasteiger charge is 2.46. The Balaban J connectivity index is 1.52. The van der Waals surface area contributed by atoms with E-state index < -0.39 is 17.8 Å². The van der Waals surface area contributed by atoms with Crippen LogP contribution >= 0.6 is 0 Å². The van der Waals surface area contributed by atoms with Crippen LogP contribution in [0.2, 0.25) is 0 Å². The van der Waals surface area contributed by atoms with Gasteiger partial charge in [0.25, 0.3) is 0 Å². The molecular formula is C32H31NO3. The number of benzene rings is 3. The second-order valence-corrected chi connectivity index (χ2v) is 9.70. The molecule has 3 aromatic rings. The lowest BCUT2D eigenvalue weighted by Gasteiger charge is -2.38. The molecule has 0 amide bonds. The van der Waals surface area contributed by atoms with Gasteiger partial charge in [-0.2, -0.15) is 0 Å². The molecule has 0 bridgehead atoms. The first-order chi connectivity index (χ1) is 17.5. The Bertz CT molecular complexity index is 1310. The lowest BCUT2D eigenvalue weighted by atomic mass is 9.66. The average Bonchev–Trinajstić information content (AvgIpc) is 2.92. The number of fused-ring (bicyclic) bond motifs is 1. The van der Waals surface area contributed by atoms with Gasteiger partial charge in [0.05, 0.1) is 11.5 Å². The number of ether oxygens (including phenoxy) is 1. The number of carbonyl (C=O) groups is 2. The molecule has 182 valence electrons. The van der Waals surface area contributed by atoms with Crippen molar-refractivity contribution in [3.63, 3.8) is 0 Å².